The number of aliphatic hydroxyl groups excluding tert-OH is 2. The predicted octanol–water partition coefficient (Wildman–Crippen LogP) is -4.12. The first-order valence-corrected chi connectivity index (χ1v) is 25.2. The lowest BCUT2D eigenvalue weighted by molar-refractivity contribution is -0.143. The molecule has 27 heteroatoms. The van der Waals surface area contributed by atoms with Crippen molar-refractivity contribution in [1.82, 2.24) is 47.9 Å². The van der Waals surface area contributed by atoms with E-state index in [0.29, 0.717) is 19.4 Å². The average molecular weight is 1060 g/mol. The van der Waals surface area contributed by atoms with Gasteiger partial charge in [0.15, 0.2) is 0 Å². The summed E-state index contributed by atoms with van der Waals surface area (Å²) in [7, 11) is 0. The van der Waals surface area contributed by atoms with E-state index in [2.05, 4.69) is 60.5 Å². The molecule has 0 radical (unpaired) electrons. The van der Waals surface area contributed by atoms with Crippen LogP contribution in [0.4, 0.5) is 0 Å². The average Bonchev–Trinajstić information content (AvgIpc) is 3.28. The molecule has 0 spiro atoms. The first kappa shape index (κ1) is 67.4. The maximum atomic E-state index is 13.8. The number of aliphatic carboxylic acids is 1. The molecule has 10 amide bonds. The molecule has 0 heterocycles. The predicted molar refractivity (Wildman–Crippen MR) is 271 cm³/mol. The van der Waals surface area contributed by atoms with Crippen molar-refractivity contribution in [2.75, 3.05) is 18.9 Å². The van der Waals surface area contributed by atoms with Crippen LogP contribution >= 0.6 is 12.6 Å². The van der Waals surface area contributed by atoms with Crippen LogP contribution < -0.4 is 65.1 Å². The lowest BCUT2D eigenvalue weighted by Crippen LogP contribution is -2.63. The summed E-state index contributed by atoms with van der Waals surface area (Å²) < 4.78 is 0. The van der Waals surface area contributed by atoms with E-state index < -0.39 is 150 Å². The number of hydrogen-bond donors (Lipinski definition) is 16. The molecule has 0 aromatic heterocycles. The van der Waals surface area contributed by atoms with Gasteiger partial charge in [0.25, 0.3) is 0 Å². The minimum atomic E-state index is -1.74. The summed E-state index contributed by atoms with van der Waals surface area (Å²) in [6, 6.07) is -13.7. The van der Waals surface area contributed by atoms with Crippen molar-refractivity contribution in [3.8, 4) is 0 Å². The molecule has 0 aliphatic heterocycles. The topological polar surface area (TPSA) is 435 Å². The standard InChI is InChI=1S/C46H84N12O14S/c1-21(2)17-29(39(64)57-34(23(5)6)43(68)51-28(46(71)72)13-11-12-16-47)53-42(67)32(20-73)55-45(70)36(26(10)60)58-40(65)30(18-22(3)4)52-41(66)31(19-59)54-44(69)35(24(7)8)56-38(63)27(14-15-33(49)61)50-37(62)25(9)48/h21-32,34-36,59-60,73H,11-20,47-48H2,1-10H3,(H2,49,61)(H,50,62)(H,51,68)(H,52,66)(H,53,67)(H,54,69)(H,55,70)(H,56,63)(H,57,64)(H,58,65)(H,71,72)/t25-,26+,27-,28-,29-,30-,31-,32-,34-,35-,36-/m0/s1. The SMILES string of the molecule is CC(C)C[C@H](NC(=O)[C@H](CS)NC(=O)[C@@H](NC(=O)[C@H](CC(C)C)NC(=O)[C@H](CO)NC(=O)[C@@H](NC(=O)[C@H](CCC(N)=O)NC(=O)[C@H](C)N)C(C)C)[C@@H](C)O)C(=O)N[C@H](C(=O)N[C@@H](CCCCN)C(=O)O)C(C)C. The molecular weight excluding hydrogens is 977 g/mol. The number of hydrogen-bond acceptors (Lipinski definition) is 16. The Bertz CT molecular complexity index is 1870. The van der Waals surface area contributed by atoms with E-state index in [1.807, 2.05) is 0 Å². The van der Waals surface area contributed by atoms with Crippen molar-refractivity contribution in [2.24, 2.45) is 40.9 Å². The Balaban J connectivity index is 6.27. The first-order chi connectivity index (χ1) is 33.9. The molecule has 0 aromatic carbocycles. The van der Waals surface area contributed by atoms with Gasteiger partial charge in [-0.3, -0.25) is 47.9 Å². The molecule has 0 saturated heterocycles. The van der Waals surface area contributed by atoms with Crippen molar-refractivity contribution in [1.29, 1.82) is 0 Å². The van der Waals surface area contributed by atoms with Crippen molar-refractivity contribution in [3.05, 3.63) is 0 Å². The van der Waals surface area contributed by atoms with Gasteiger partial charge in [-0.25, -0.2) is 4.79 Å². The van der Waals surface area contributed by atoms with Crippen molar-refractivity contribution >= 4 is 77.7 Å². The summed E-state index contributed by atoms with van der Waals surface area (Å²) in [6.45, 7) is 15.2. The van der Waals surface area contributed by atoms with Gasteiger partial charge in [-0.15, -0.1) is 0 Å². The monoisotopic (exact) mass is 1060 g/mol. The lowest BCUT2D eigenvalue weighted by Gasteiger charge is -2.29. The number of amides is 10. The fourth-order valence-electron chi connectivity index (χ4n) is 6.97. The summed E-state index contributed by atoms with van der Waals surface area (Å²) in [5.74, 6) is -12.0. The number of thiol groups is 1. The second kappa shape index (κ2) is 34.0. The normalized spacial score (nSPS) is 15.9. The van der Waals surface area contributed by atoms with Gasteiger partial charge in [-0.05, 0) is 82.6 Å². The van der Waals surface area contributed by atoms with Crippen LogP contribution in [0, 0.1) is 23.7 Å². The Kier molecular flexibility index (Phi) is 31.3. The third-order valence-electron chi connectivity index (χ3n) is 11.2. The fourth-order valence-corrected chi connectivity index (χ4v) is 7.23. The van der Waals surface area contributed by atoms with Crippen molar-refractivity contribution in [2.45, 2.75) is 181 Å². The maximum absolute atomic E-state index is 13.8. The molecule has 0 aromatic rings. The summed E-state index contributed by atoms with van der Waals surface area (Å²) in [5, 5.41) is 52.7. The van der Waals surface area contributed by atoms with Gasteiger partial charge in [0.2, 0.25) is 59.1 Å². The van der Waals surface area contributed by atoms with Gasteiger partial charge < -0.3 is 80.4 Å². The van der Waals surface area contributed by atoms with Gasteiger partial charge in [0, 0.05) is 12.2 Å². The van der Waals surface area contributed by atoms with Gasteiger partial charge in [0.1, 0.15) is 54.4 Å². The molecule has 0 aliphatic rings. The number of unbranched alkanes of at least 4 members (excludes halogenated alkanes) is 1. The van der Waals surface area contributed by atoms with Crippen LogP contribution in [-0.4, -0.2) is 166 Å². The Morgan fingerprint density at radius 3 is 1.22 bits per heavy atom. The first-order valence-electron chi connectivity index (χ1n) is 24.5. The second-order valence-electron chi connectivity index (χ2n) is 19.6. The molecule has 418 valence electrons. The molecule has 26 nitrogen and oxygen atoms in total. The third kappa shape index (κ3) is 25.2. The number of primary amides is 1. The molecule has 0 fully saturated rings. The van der Waals surface area contributed by atoms with Gasteiger partial charge in [0.05, 0.1) is 18.8 Å². The highest BCUT2D eigenvalue weighted by atomic mass is 32.1. The van der Waals surface area contributed by atoms with Crippen molar-refractivity contribution < 1.29 is 68.1 Å². The van der Waals surface area contributed by atoms with Crippen LogP contribution in [0.15, 0.2) is 0 Å². The zero-order valence-corrected chi connectivity index (χ0v) is 44.6. The highest BCUT2D eigenvalue weighted by Gasteiger charge is 2.37. The molecule has 11 atom stereocenters. The maximum Gasteiger partial charge on any atom is 0.326 e. The number of aliphatic hydroxyl groups is 2. The fraction of sp³-hybridized carbons (Fsp3) is 0.761. The second-order valence-corrected chi connectivity index (χ2v) is 20.0. The summed E-state index contributed by atoms with van der Waals surface area (Å²) in [4.78, 5) is 144. The van der Waals surface area contributed by atoms with E-state index in [0.717, 1.165) is 0 Å². The van der Waals surface area contributed by atoms with E-state index >= 15 is 0 Å². The van der Waals surface area contributed by atoms with Crippen LogP contribution in [-0.2, 0) is 52.7 Å². The number of nitrogens with two attached hydrogens (primary N) is 3. The molecule has 0 rings (SSSR count). The van der Waals surface area contributed by atoms with Gasteiger partial charge >= 0.3 is 5.97 Å². The highest BCUT2D eigenvalue weighted by Crippen LogP contribution is 2.12. The number of carbonyl (C=O) groups is 11. The Morgan fingerprint density at radius 1 is 0.479 bits per heavy atom. The van der Waals surface area contributed by atoms with Crippen LogP contribution in [0.5, 0.6) is 0 Å². The van der Waals surface area contributed by atoms with E-state index in [1.165, 1.54) is 13.8 Å². The Hall–Kier alpha value is -5.64. The minimum absolute atomic E-state index is 0.0580. The molecule has 0 bridgehead atoms. The van der Waals surface area contributed by atoms with Crippen LogP contribution in [0.1, 0.15) is 114 Å². The number of carboxylic acids is 1. The molecule has 73 heavy (non-hydrogen) atoms. The molecule has 0 unspecified atom stereocenters. The molecule has 0 saturated carbocycles. The molecular formula is C46H84N12O14S. The van der Waals surface area contributed by atoms with E-state index in [9.17, 15) is 68.1 Å². The molecule has 0 aliphatic carbocycles. The van der Waals surface area contributed by atoms with Crippen LogP contribution in [0.25, 0.3) is 0 Å². The van der Waals surface area contributed by atoms with Gasteiger partial charge in [-0.1, -0.05) is 55.4 Å². The zero-order valence-electron chi connectivity index (χ0n) is 43.7. The largest absolute Gasteiger partial charge is 0.480 e. The van der Waals surface area contributed by atoms with E-state index in [1.54, 1.807) is 55.4 Å². The number of nitrogens with one attached hydrogen (secondary N) is 9. The summed E-state index contributed by atoms with van der Waals surface area (Å²) >= 11 is 4.21. The van der Waals surface area contributed by atoms with Crippen LogP contribution in [0.3, 0.4) is 0 Å². The number of carbonyl (C=O) groups excluding carboxylic acids is 10. The third-order valence-corrected chi connectivity index (χ3v) is 11.5. The lowest BCUT2D eigenvalue weighted by atomic mass is 9.99. The van der Waals surface area contributed by atoms with Gasteiger partial charge in [-0.2, -0.15) is 12.6 Å². The molecule has 18 N–H and O–H groups in total. The van der Waals surface area contributed by atoms with Crippen LogP contribution in [0.2, 0.25) is 0 Å². The summed E-state index contributed by atoms with van der Waals surface area (Å²) in [6.07, 6.45) is -1.04. The van der Waals surface area contributed by atoms with E-state index in [4.69, 9.17) is 17.2 Å². The minimum Gasteiger partial charge on any atom is -0.480 e. The van der Waals surface area contributed by atoms with Crippen molar-refractivity contribution in [3.63, 3.8) is 0 Å². The zero-order chi connectivity index (χ0) is 56.4. The Labute approximate surface area is 432 Å². The smallest absolute Gasteiger partial charge is 0.326 e. The number of rotatable bonds is 35. The highest BCUT2D eigenvalue weighted by molar-refractivity contribution is 7.80. The van der Waals surface area contributed by atoms with E-state index in [-0.39, 0.29) is 49.7 Å². The summed E-state index contributed by atoms with van der Waals surface area (Å²) in [5.41, 5.74) is 16.4. The quantitative estimate of drug-likeness (QED) is 0.0212. The Morgan fingerprint density at radius 2 is 0.849 bits per heavy atom. The number of carboxylic acid groups (broad SMARTS) is 1.